The van der Waals surface area contributed by atoms with Crippen LogP contribution in [-0.2, 0) is 10.9 Å². The number of alkyl halides is 3. The number of likely N-dealkylation sites (N-methyl/N-ethyl adjacent to an activating group) is 1. The van der Waals surface area contributed by atoms with E-state index in [0.29, 0.717) is 6.61 Å². The van der Waals surface area contributed by atoms with Gasteiger partial charge < -0.3 is 19.9 Å². The quantitative estimate of drug-likeness (QED) is 0.392. The van der Waals surface area contributed by atoms with Crippen molar-refractivity contribution in [3.63, 3.8) is 0 Å². The molecule has 0 spiro atoms. The lowest BCUT2D eigenvalue weighted by molar-refractivity contribution is -0.388. The Morgan fingerprint density at radius 2 is 1.87 bits per heavy atom. The maximum Gasteiger partial charge on any atom is 0.423 e. The number of hydrogen-bond donors (Lipinski definition) is 1. The highest BCUT2D eigenvalue weighted by molar-refractivity contribution is 7.80. The maximum absolute atomic E-state index is 13.2. The van der Waals surface area contributed by atoms with E-state index in [1.165, 1.54) is 6.07 Å². The molecule has 7 nitrogen and oxygen atoms in total. The second kappa shape index (κ2) is 10.1. The van der Waals surface area contributed by atoms with Crippen molar-refractivity contribution in [1.29, 1.82) is 0 Å². The van der Waals surface area contributed by atoms with Crippen LogP contribution in [0.25, 0.3) is 0 Å². The molecule has 1 aromatic rings. The van der Waals surface area contributed by atoms with Crippen molar-refractivity contribution in [2.45, 2.75) is 44.0 Å². The van der Waals surface area contributed by atoms with E-state index < -0.39 is 22.4 Å². The van der Waals surface area contributed by atoms with E-state index >= 15 is 0 Å². The van der Waals surface area contributed by atoms with Gasteiger partial charge in [-0.05, 0) is 44.9 Å². The largest absolute Gasteiger partial charge is 0.423 e. The van der Waals surface area contributed by atoms with Crippen LogP contribution in [0.4, 0.5) is 24.5 Å². The number of nitrogens with one attached hydrogen (secondary N) is 1. The van der Waals surface area contributed by atoms with E-state index in [1.807, 2.05) is 0 Å². The summed E-state index contributed by atoms with van der Waals surface area (Å²) >= 11 is 5.49. The maximum atomic E-state index is 13.2. The normalized spacial score (nSPS) is 22.9. The van der Waals surface area contributed by atoms with Crippen molar-refractivity contribution in [3.8, 4) is 0 Å². The molecule has 2 aliphatic rings. The van der Waals surface area contributed by atoms with Gasteiger partial charge in [0.2, 0.25) is 0 Å². The SMILES string of the molecule is CN1CCN(C(=S)COC2CCC(Nc3ccc([N+](=O)[O-])c(C(F)(F)F)c3)CC2)CC1. The summed E-state index contributed by atoms with van der Waals surface area (Å²) in [4.78, 5) is 15.1. The third-order valence-corrected chi connectivity index (χ3v) is 6.22. The summed E-state index contributed by atoms with van der Waals surface area (Å²) in [5.41, 5.74) is -1.94. The Kier molecular flexibility index (Phi) is 7.71. The Bertz CT molecular complexity index is 792. The third-order valence-electron chi connectivity index (χ3n) is 5.84. The van der Waals surface area contributed by atoms with Gasteiger partial charge in [-0.2, -0.15) is 13.2 Å². The standard InChI is InChI=1S/C20H27F3N4O3S/c1-25-8-10-26(11-9-25)19(31)13-30-16-5-2-14(3-6-16)24-15-4-7-18(27(28)29)17(12-15)20(21,22)23/h4,7,12,14,16,24H,2-3,5-6,8-11,13H2,1H3. The molecule has 0 atom stereocenters. The average molecular weight is 461 g/mol. The van der Waals surface area contributed by atoms with Gasteiger partial charge >= 0.3 is 6.18 Å². The molecule has 1 saturated carbocycles. The second-order valence-electron chi connectivity index (χ2n) is 8.10. The number of rotatable bonds is 6. The van der Waals surface area contributed by atoms with Gasteiger partial charge in [0.25, 0.3) is 5.69 Å². The van der Waals surface area contributed by atoms with Crippen LogP contribution in [-0.4, -0.2) is 71.7 Å². The first-order valence-corrected chi connectivity index (χ1v) is 10.7. The van der Waals surface area contributed by atoms with Crippen LogP contribution in [0.2, 0.25) is 0 Å². The predicted octanol–water partition coefficient (Wildman–Crippen LogP) is 3.93. The van der Waals surface area contributed by atoms with Gasteiger partial charge in [0, 0.05) is 44.0 Å². The summed E-state index contributed by atoms with van der Waals surface area (Å²) < 4.78 is 45.5. The summed E-state index contributed by atoms with van der Waals surface area (Å²) in [6, 6.07) is 3.03. The monoisotopic (exact) mass is 460 g/mol. The fourth-order valence-corrected chi connectivity index (χ4v) is 4.21. The number of thiocarbonyl (C=S) groups is 1. The highest BCUT2D eigenvalue weighted by Crippen LogP contribution is 2.38. The van der Waals surface area contributed by atoms with Crippen molar-refractivity contribution in [3.05, 3.63) is 33.9 Å². The third kappa shape index (κ3) is 6.50. The van der Waals surface area contributed by atoms with E-state index in [1.54, 1.807) is 0 Å². The van der Waals surface area contributed by atoms with Crippen LogP contribution in [0, 0.1) is 10.1 Å². The number of nitro benzene ring substituents is 1. The first-order chi connectivity index (χ1) is 14.6. The number of piperazine rings is 1. The average Bonchev–Trinajstić information content (AvgIpc) is 2.72. The van der Waals surface area contributed by atoms with E-state index in [9.17, 15) is 23.3 Å². The Balaban J connectivity index is 1.47. The minimum atomic E-state index is -4.78. The highest BCUT2D eigenvalue weighted by Gasteiger charge is 2.38. The minimum Gasteiger partial charge on any atom is -0.382 e. The van der Waals surface area contributed by atoms with Gasteiger partial charge in [0.15, 0.2) is 0 Å². The van der Waals surface area contributed by atoms with Crippen molar-refractivity contribution in [1.82, 2.24) is 9.80 Å². The van der Waals surface area contributed by atoms with Crippen LogP contribution < -0.4 is 5.32 Å². The Hall–Kier alpha value is -1.98. The zero-order chi connectivity index (χ0) is 22.6. The number of nitrogens with zero attached hydrogens (tertiary/aromatic N) is 3. The van der Waals surface area contributed by atoms with Gasteiger partial charge in [-0.1, -0.05) is 12.2 Å². The molecule has 0 radical (unpaired) electrons. The van der Waals surface area contributed by atoms with Crippen LogP contribution in [0.15, 0.2) is 18.2 Å². The molecule has 1 aromatic carbocycles. The van der Waals surface area contributed by atoms with E-state index in [4.69, 9.17) is 17.0 Å². The topological polar surface area (TPSA) is 70.9 Å². The molecule has 1 heterocycles. The molecule has 1 saturated heterocycles. The van der Waals surface area contributed by atoms with E-state index in [-0.39, 0.29) is 17.8 Å². The lowest BCUT2D eigenvalue weighted by Crippen LogP contribution is -2.48. The molecule has 11 heteroatoms. The summed E-state index contributed by atoms with van der Waals surface area (Å²) in [6.45, 7) is 4.19. The lowest BCUT2D eigenvalue weighted by atomic mass is 9.92. The summed E-state index contributed by atoms with van der Waals surface area (Å²) in [7, 11) is 2.09. The molecule has 3 rings (SSSR count). The lowest BCUT2D eigenvalue weighted by Gasteiger charge is -2.35. The second-order valence-corrected chi connectivity index (χ2v) is 8.57. The van der Waals surface area contributed by atoms with Crippen LogP contribution in [0.5, 0.6) is 0 Å². The fourth-order valence-electron chi connectivity index (χ4n) is 3.96. The number of hydrogen-bond acceptors (Lipinski definition) is 6. The fraction of sp³-hybridized carbons (Fsp3) is 0.650. The Morgan fingerprint density at radius 1 is 1.23 bits per heavy atom. The van der Waals surface area contributed by atoms with Crippen molar-refractivity contribution < 1.29 is 22.8 Å². The molecule has 1 N–H and O–H groups in total. The van der Waals surface area contributed by atoms with Crippen LogP contribution in [0.1, 0.15) is 31.2 Å². The molecule has 0 unspecified atom stereocenters. The minimum absolute atomic E-state index is 0.00743. The molecule has 2 fully saturated rings. The summed E-state index contributed by atoms with van der Waals surface area (Å²) in [5.74, 6) is 0. The molecule has 172 valence electrons. The van der Waals surface area contributed by atoms with Crippen molar-refractivity contribution in [2.24, 2.45) is 0 Å². The number of halogens is 3. The number of benzene rings is 1. The molecule has 0 bridgehead atoms. The van der Waals surface area contributed by atoms with Gasteiger partial charge in [0.05, 0.1) is 17.6 Å². The van der Waals surface area contributed by atoms with E-state index in [2.05, 4.69) is 22.2 Å². The molecule has 1 aliphatic carbocycles. The zero-order valence-electron chi connectivity index (χ0n) is 17.4. The van der Waals surface area contributed by atoms with Crippen molar-refractivity contribution in [2.75, 3.05) is 45.2 Å². The first kappa shape index (κ1) is 23.7. The summed E-state index contributed by atoms with van der Waals surface area (Å²) in [5, 5.41) is 14.0. The Morgan fingerprint density at radius 3 is 2.45 bits per heavy atom. The Labute approximate surface area is 184 Å². The number of anilines is 1. The van der Waals surface area contributed by atoms with Gasteiger partial charge in [-0.25, -0.2) is 0 Å². The first-order valence-electron chi connectivity index (χ1n) is 10.3. The van der Waals surface area contributed by atoms with Crippen LogP contribution in [0.3, 0.4) is 0 Å². The van der Waals surface area contributed by atoms with Crippen molar-refractivity contribution >= 4 is 28.6 Å². The number of ether oxygens (including phenoxy) is 1. The smallest absolute Gasteiger partial charge is 0.382 e. The predicted molar refractivity (Wildman–Crippen MR) is 115 cm³/mol. The van der Waals surface area contributed by atoms with Gasteiger partial charge in [-0.15, -0.1) is 0 Å². The van der Waals surface area contributed by atoms with Gasteiger partial charge in [-0.3, -0.25) is 10.1 Å². The highest BCUT2D eigenvalue weighted by atomic mass is 32.1. The molecular weight excluding hydrogens is 433 g/mol. The van der Waals surface area contributed by atoms with Gasteiger partial charge in [0.1, 0.15) is 10.6 Å². The van der Waals surface area contributed by atoms with E-state index in [0.717, 1.165) is 69.0 Å². The molecule has 0 amide bonds. The zero-order valence-corrected chi connectivity index (χ0v) is 18.2. The molecule has 31 heavy (non-hydrogen) atoms. The summed E-state index contributed by atoms with van der Waals surface area (Å²) in [6.07, 6.45) is -1.67. The van der Waals surface area contributed by atoms with Crippen LogP contribution >= 0.6 is 12.2 Å². The molecule has 0 aromatic heterocycles. The molecule has 1 aliphatic heterocycles. The molecular formula is C20H27F3N4O3S. The number of nitro groups is 1.